The highest BCUT2D eigenvalue weighted by Crippen LogP contribution is 2.68. The van der Waals surface area contributed by atoms with Crippen molar-refractivity contribution in [1.29, 1.82) is 0 Å². The zero-order valence-corrected chi connectivity index (χ0v) is 21.5. The normalized spacial score (nSPS) is 45.6. The minimum atomic E-state index is 0.409. The van der Waals surface area contributed by atoms with Gasteiger partial charge in [-0.05, 0) is 104 Å². The first-order valence-electron chi connectivity index (χ1n) is 14.0. The van der Waals surface area contributed by atoms with E-state index in [2.05, 4.69) is 41.2 Å². The van der Waals surface area contributed by atoms with E-state index in [1.54, 1.807) is 0 Å². The van der Waals surface area contributed by atoms with Crippen LogP contribution in [-0.4, -0.2) is 12.7 Å². The molecule has 0 heterocycles. The lowest BCUT2D eigenvalue weighted by molar-refractivity contribution is -0.178. The van der Waals surface area contributed by atoms with Crippen molar-refractivity contribution in [2.24, 2.45) is 52.3 Å². The molecule has 0 aromatic rings. The van der Waals surface area contributed by atoms with E-state index in [0.29, 0.717) is 16.9 Å². The Balaban J connectivity index is 1.50. The molecule has 1 heteroatoms. The molecule has 0 bridgehead atoms. The monoisotopic (exact) mass is 428 g/mol. The fourth-order valence-electron chi connectivity index (χ4n) is 9.76. The lowest BCUT2D eigenvalue weighted by Gasteiger charge is -2.62. The van der Waals surface area contributed by atoms with Gasteiger partial charge in [-0.3, -0.25) is 0 Å². The van der Waals surface area contributed by atoms with Crippen molar-refractivity contribution in [3.05, 3.63) is 12.7 Å². The van der Waals surface area contributed by atoms with Crippen molar-refractivity contribution in [1.82, 2.24) is 0 Å². The highest BCUT2D eigenvalue weighted by atomic mass is 16.5. The number of rotatable bonds is 8. The summed E-state index contributed by atoms with van der Waals surface area (Å²) in [6, 6.07) is 0. The Morgan fingerprint density at radius 1 is 0.935 bits per heavy atom. The van der Waals surface area contributed by atoms with Gasteiger partial charge in [0.1, 0.15) is 0 Å². The van der Waals surface area contributed by atoms with E-state index in [1.807, 2.05) is 6.08 Å². The quantitative estimate of drug-likeness (QED) is 0.351. The van der Waals surface area contributed by atoms with Crippen LogP contribution in [0, 0.1) is 52.3 Å². The second-order valence-corrected chi connectivity index (χ2v) is 13.1. The summed E-state index contributed by atoms with van der Waals surface area (Å²) in [5, 5.41) is 0. The molecular weight excluding hydrogens is 376 g/mol. The summed E-state index contributed by atoms with van der Waals surface area (Å²) in [5.74, 6) is 6.47. The van der Waals surface area contributed by atoms with Gasteiger partial charge in [0.15, 0.2) is 0 Å². The van der Waals surface area contributed by atoms with Gasteiger partial charge >= 0.3 is 0 Å². The predicted molar refractivity (Wildman–Crippen MR) is 133 cm³/mol. The van der Waals surface area contributed by atoms with Crippen LogP contribution < -0.4 is 0 Å². The van der Waals surface area contributed by atoms with Crippen LogP contribution in [-0.2, 0) is 4.74 Å². The fourth-order valence-corrected chi connectivity index (χ4v) is 9.76. The maximum atomic E-state index is 6.49. The maximum Gasteiger partial charge on any atom is 0.0648 e. The van der Waals surface area contributed by atoms with E-state index < -0.39 is 0 Å². The summed E-state index contributed by atoms with van der Waals surface area (Å²) in [6.45, 7) is 17.4. The van der Waals surface area contributed by atoms with E-state index in [4.69, 9.17) is 4.74 Å². The maximum absolute atomic E-state index is 6.49. The van der Waals surface area contributed by atoms with Crippen LogP contribution in [0.4, 0.5) is 0 Å². The topological polar surface area (TPSA) is 9.23 Å². The molecule has 0 aromatic carbocycles. The predicted octanol–water partition coefficient (Wildman–Crippen LogP) is 8.68. The third-order valence-corrected chi connectivity index (χ3v) is 11.3. The largest absolute Gasteiger partial charge is 0.374 e. The lowest BCUT2D eigenvalue weighted by atomic mass is 9.44. The van der Waals surface area contributed by atoms with Gasteiger partial charge in [0.25, 0.3) is 0 Å². The average molecular weight is 429 g/mol. The highest BCUT2D eigenvalue weighted by Gasteiger charge is 2.62. The van der Waals surface area contributed by atoms with Crippen molar-refractivity contribution < 1.29 is 4.74 Å². The van der Waals surface area contributed by atoms with Crippen LogP contribution in [0.5, 0.6) is 0 Å². The number of hydrogen-bond donors (Lipinski definition) is 0. The van der Waals surface area contributed by atoms with Crippen LogP contribution >= 0.6 is 0 Å². The van der Waals surface area contributed by atoms with Crippen LogP contribution in [0.25, 0.3) is 0 Å². The first kappa shape index (κ1) is 23.8. The molecule has 0 aromatic heterocycles. The molecule has 0 saturated heterocycles. The van der Waals surface area contributed by atoms with E-state index in [1.165, 1.54) is 77.0 Å². The summed E-state index contributed by atoms with van der Waals surface area (Å²) >= 11 is 0. The van der Waals surface area contributed by atoms with Crippen LogP contribution in [0.1, 0.15) is 112 Å². The Morgan fingerprint density at radius 3 is 2.48 bits per heavy atom. The molecule has 4 saturated carbocycles. The smallest absolute Gasteiger partial charge is 0.0648 e. The molecule has 9 atom stereocenters. The molecule has 31 heavy (non-hydrogen) atoms. The van der Waals surface area contributed by atoms with E-state index in [9.17, 15) is 0 Å². The Hall–Kier alpha value is -0.300. The second kappa shape index (κ2) is 9.52. The van der Waals surface area contributed by atoms with Crippen molar-refractivity contribution in [2.45, 2.75) is 118 Å². The number of hydrogen-bond acceptors (Lipinski definition) is 1. The van der Waals surface area contributed by atoms with E-state index >= 15 is 0 Å². The van der Waals surface area contributed by atoms with Gasteiger partial charge in [0.05, 0.1) is 12.7 Å². The summed E-state index contributed by atoms with van der Waals surface area (Å²) in [7, 11) is 0. The van der Waals surface area contributed by atoms with E-state index in [0.717, 1.165) is 48.0 Å². The Kier molecular flexibility index (Phi) is 7.32. The second-order valence-electron chi connectivity index (χ2n) is 13.1. The first-order chi connectivity index (χ1) is 14.8. The summed E-state index contributed by atoms with van der Waals surface area (Å²) in [5.41, 5.74) is 1.01. The molecule has 0 spiro atoms. The minimum absolute atomic E-state index is 0.409. The number of ether oxygens (including phenoxy) is 1. The van der Waals surface area contributed by atoms with Crippen LogP contribution in [0.2, 0.25) is 0 Å². The third-order valence-electron chi connectivity index (χ3n) is 11.3. The zero-order valence-electron chi connectivity index (χ0n) is 21.5. The molecule has 1 nitrogen and oxygen atoms in total. The SMILES string of the molecule is C=CCOC1CCCC2CC[C@@H]3[C@H](CC[C@]4(C)[C@@H]([C@H](C)CCCC(C)C)CC[C@@H]34)[C@]21C. The van der Waals surface area contributed by atoms with Crippen LogP contribution in [0.15, 0.2) is 12.7 Å². The molecule has 0 N–H and O–H groups in total. The van der Waals surface area contributed by atoms with Gasteiger partial charge in [0, 0.05) is 0 Å². The molecule has 0 aliphatic heterocycles. The van der Waals surface area contributed by atoms with E-state index in [-0.39, 0.29) is 0 Å². The molecular formula is C30H52O. The van der Waals surface area contributed by atoms with Gasteiger partial charge in [-0.15, -0.1) is 6.58 Å². The molecule has 0 amide bonds. The summed E-state index contributed by atoms with van der Waals surface area (Å²) < 4.78 is 6.49. The molecule has 4 aliphatic rings. The number of fused-ring (bicyclic) bond motifs is 5. The van der Waals surface area contributed by atoms with Gasteiger partial charge < -0.3 is 4.74 Å². The molecule has 4 rings (SSSR count). The van der Waals surface area contributed by atoms with Gasteiger partial charge in [-0.25, -0.2) is 0 Å². The summed E-state index contributed by atoms with van der Waals surface area (Å²) in [4.78, 5) is 0. The molecule has 2 unspecified atom stereocenters. The Labute approximate surface area is 194 Å². The Bertz CT molecular complexity index is 610. The summed E-state index contributed by atoms with van der Waals surface area (Å²) in [6.07, 6.45) is 19.8. The molecule has 4 fully saturated rings. The first-order valence-corrected chi connectivity index (χ1v) is 14.0. The zero-order chi connectivity index (χ0) is 22.2. The van der Waals surface area contributed by atoms with Gasteiger partial charge in [-0.1, -0.05) is 66.4 Å². The Morgan fingerprint density at radius 2 is 1.74 bits per heavy atom. The fraction of sp³-hybridized carbons (Fsp3) is 0.933. The van der Waals surface area contributed by atoms with Crippen molar-refractivity contribution >= 4 is 0 Å². The van der Waals surface area contributed by atoms with Crippen molar-refractivity contribution in [3.63, 3.8) is 0 Å². The minimum Gasteiger partial charge on any atom is -0.374 e. The molecule has 0 radical (unpaired) electrons. The van der Waals surface area contributed by atoms with Gasteiger partial charge in [0.2, 0.25) is 0 Å². The molecule has 4 aliphatic carbocycles. The standard InChI is InChI=1S/C30H52O/c1-7-20-31-28-13-9-12-23-14-15-24-26-17-16-25(22(4)11-8-10-21(2)3)29(26,5)19-18-27(24)30(23,28)6/h7,21-28H,1,8-20H2,2-6H3/t22-,23?,24+,25-,26+,27+,28?,29-,30+/m1/s1. The lowest BCUT2D eigenvalue weighted by Crippen LogP contribution is -2.58. The highest BCUT2D eigenvalue weighted by molar-refractivity contribution is 5.11. The van der Waals surface area contributed by atoms with Crippen LogP contribution in [0.3, 0.4) is 0 Å². The van der Waals surface area contributed by atoms with Crippen molar-refractivity contribution in [3.8, 4) is 0 Å². The van der Waals surface area contributed by atoms with Gasteiger partial charge in [-0.2, -0.15) is 0 Å². The van der Waals surface area contributed by atoms with Crippen molar-refractivity contribution in [2.75, 3.05) is 6.61 Å². The third kappa shape index (κ3) is 4.20. The molecule has 178 valence electrons. The average Bonchev–Trinajstić information content (AvgIpc) is 3.09.